The molecule has 0 saturated carbocycles. The van der Waals surface area contributed by atoms with Crippen molar-refractivity contribution in [3.8, 4) is 5.69 Å². The van der Waals surface area contributed by atoms with Crippen LogP contribution in [0.4, 0.5) is 13.2 Å². The van der Waals surface area contributed by atoms with Gasteiger partial charge >= 0.3 is 5.97 Å². The largest absolute Gasteiger partial charge is 0.478 e. The Labute approximate surface area is 179 Å². The van der Waals surface area contributed by atoms with Crippen LogP contribution in [0.15, 0.2) is 30.5 Å². The van der Waals surface area contributed by atoms with Crippen LogP contribution in [-0.4, -0.2) is 31.6 Å². The molecule has 0 radical (unpaired) electrons. The van der Waals surface area contributed by atoms with Gasteiger partial charge in [-0.15, -0.1) is 0 Å². The molecule has 0 aliphatic heterocycles. The van der Waals surface area contributed by atoms with Crippen LogP contribution in [0.25, 0.3) is 5.69 Å². The first-order valence-electron chi connectivity index (χ1n) is 9.31. The van der Waals surface area contributed by atoms with Gasteiger partial charge in [-0.2, -0.15) is 13.9 Å². The number of carbonyl (C=O) groups excluding carboxylic acids is 1. The molecule has 2 aromatic heterocycles. The van der Waals surface area contributed by atoms with E-state index < -0.39 is 35.6 Å². The number of aromatic carboxylic acids is 1. The van der Waals surface area contributed by atoms with Crippen LogP contribution in [0.5, 0.6) is 0 Å². The number of ketones is 1. The van der Waals surface area contributed by atoms with E-state index in [-0.39, 0.29) is 46.1 Å². The van der Waals surface area contributed by atoms with E-state index in [0.717, 1.165) is 18.2 Å². The minimum absolute atomic E-state index is 0.0160. The maximum atomic E-state index is 14.9. The SMILES string of the molecule is Cc1ccnc(Cl)c1C(=O)c1nn(-c2ccc(C(=O)O)cc2F)c2c1CCCC2(F)F. The minimum Gasteiger partial charge on any atom is -0.478 e. The van der Waals surface area contributed by atoms with Crippen LogP contribution in [0.2, 0.25) is 5.15 Å². The summed E-state index contributed by atoms with van der Waals surface area (Å²) in [6.07, 6.45) is 1.20. The number of benzene rings is 1. The molecule has 2 heterocycles. The Balaban J connectivity index is 1.96. The van der Waals surface area contributed by atoms with Gasteiger partial charge in [-0.1, -0.05) is 11.6 Å². The molecule has 6 nitrogen and oxygen atoms in total. The van der Waals surface area contributed by atoms with Crippen molar-refractivity contribution in [1.82, 2.24) is 14.8 Å². The predicted octanol–water partition coefficient (Wildman–Crippen LogP) is 4.73. The molecule has 3 aromatic rings. The number of pyridine rings is 1. The summed E-state index contributed by atoms with van der Waals surface area (Å²) in [6.45, 7) is 1.63. The molecule has 1 aliphatic carbocycles. The number of aryl methyl sites for hydroxylation is 1. The van der Waals surface area contributed by atoms with E-state index in [1.165, 1.54) is 6.20 Å². The Morgan fingerprint density at radius 2 is 2.00 bits per heavy atom. The summed E-state index contributed by atoms with van der Waals surface area (Å²) in [7, 11) is 0. The number of hydrogen-bond acceptors (Lipinski definition) is 4. The molecule has 0 fully saturated rings. The van der Waals surface area contributed by atoms with Crippen molar-refractivity contribution in [2.75, 3.05) is 0 Å². The number of hydrogen-bond donors (Lipinski definition) is 1. The van der Waals surface area contributed by atoms with Crippen LogP contribution in [0, 0.1) is 12.7 Å². The van der Waals surface area contributed by atoms with E-state index in [1.807, 2.05) is 0 Å². The lowest BCUT2D eigenvalue weighted by atomic mass is 9.90. The maximum Gasteiger partial charge on any atom is 0.335 e. The quantitative estimate of drug-likeness (QED) is 0.460. The molecule has 160 valence electrons. The molecule has 1 aromatic carbocycles. The van der Waals surface area contributed by atoms with Crippen molar-refractivity contribution in [1.29, 1.82) is 0 Å². The molecule has 4 rings (SSSR count). The van der Waals surface area contributed by atoms with Crippen LogP contribution in [0.1, 0.15) is 56.1 Å². The van der Waals surface area contributed by atoms with Gasteiger partial charge in [-0.05, 0) is 49.6 Å². The zero-order valence-electron chi connectivity index (χ0n) is 16.1. The number of fused-ring (bicyclic) bond motifs is 1. The number of rotatable bonds is 4. The van der Waals surface area contributed by atoms with Gasteiger partial charge < -0.3 is 5.11 Å². The average Bonchev–Trinajstić information content (AvgIpc) is 3.08. The molecule has 1 aliphatic rings. The Kier molecular flexibility index (Phi) is 5.09. The highest BCUT2D eigenvalue weighted by atomic mass is 35.5. The highest BCUT2D eigenvalue weighted by Gasteiger charge is 2.44. The highest BCUT2D eigenvalue weighted by Crippen LogP contribution is 2.43. The molecule has 0 bridgehead atoms. The summed E-state index contributed by atoms with van der Waals surface area (Å²) in [5.41, 5.74) is -1.02. The third kappa shape index (κ3) is 3.48. The molecular weight excluding hydrogens is 435 g/mol. The second-order valence-corrected chi connectivity index (χ2v) is 7.60. The third-order valence-corrected chi connectivity index (χ3v) is 5.51. The summed E-state index contributed by atoms with van der Waals surface area (Å²) in [5, 5.41) is 13.0. The van der Waals surface area contributed by atoms with Gasteiger partial charge in [0.05, 0.1) is 11.1 Å². The van der Waals surface area contributed by atoms with Crippen LogP contribution >= 0.6 is 11.6 Å². The van der Waals surface area contributed by atoms with Crippen molar-refractivity contribution in [2.45, 2.75) is 32.1 Å². The number of nitrogens with zero attached hydrogens (tertiary/aromatic N) is 3. The van der Waals surface area contributed by atoms with Gasteiger partial charge in [0.2, 0.25) is 5.78 Å². The molecule has 1 N–H and O–H groups in total. The third-order valence-electron chi connectivity index (χ3n) is 5.23. The van der Waals surface area contributed by atoms with Crippen molar-refractivity contribution < 1.29 is 27.9 Å². The Bertz CT molecular complexity index is 1220. The molecule has 0 amide bonds. The number of halogens is 4. The van der Waals surface area contributed by atoms with E-state index >= 15 is 0 Å². The second kappa shape index (κ2) is 7.49. The number of carboxylic acid groups (broad SMARTS) is 1. The first kappa shape index (κ1) is 21.0. The monoisotopic (exact) mass is 449 g/mol. The molecule has 0 saturated heterocycles. The van der Waals surface area contributed by atoms with Gasteiger partial charge in [0, 0.05) is 18.2 Å². The normalized spacial score (nSPS) is 14.9. The first-order valence-corrected chi connectivity index (χ1v) is 9.69. The molecule has 31 heavy (non-hydrogen) atoms. The van der Waals surface area contributed by atoms with Crippen molar-refractivity contribution in [3.05, 3.63) is 75.1 Å². The minimum atomic E-state index is -3.36. The van der Waals surface area contributed by atoms with E-state index in [4.69, 9.17) is 16.7 Å². The first-order chi connectivity index (χ1) is 14.6. The standard InChI is InChI=1S/C21H15ClF3N3O3/c1-10-6-8-26-19(22)15(10)17(29)16-12-3-2-7-21(24,25)18(12)28(27-16)14-5-4-11(20(30)31)9-13(14)23/h4-6,8-9H,2-3,7H2,1H3,(H,30,31). The lowest BCUT2D eigenvalue weighted by Gasteiger charge is -2.24. The topological polar surface area (TPSA) is 85.1 Å². The van der Waals surface area contributed by atoms with E-state index in [1.54, 1.807) is 13.0 Å². The van der Waals surface area contributed by atoms with Crippen molar-refractivity contribution >= 4 is 23.4 Å². The summed E-state index contributed by atoms with van der Waals surface area (Å²) in [6, 6.07) is 4.41. The smallest absolute Gasteiger partial charge is 0.335 e. The van der Waals surface area contributed by atoms with E-state index in [2.05, 4.69) is 10.1 Å². The molecule has 0 atom stereocenters. The average molecular weight is 450 g/mol. The zero-order valence-corrected chi connectivity index (χ0v) is 16.9. The fraction of sp³-hybridized carbons (Fsp3) is 0.238. The maximum absolute atomic E-state index is 14.9. The zero-order chi connectivity index (χ0) is 22.5. The Morgan fingerprint density at radius 3 is 2.65 bits per heavy atom. The van der Waals surface area contributed by atoms with Crippen LogP contribution in [-0.2, 0) is 12.3 Å². The fourth-order valence-electron chi connectivity index (χ4n) is 3.75. The summed E-state index contributed by atoms with van der Waals surface area (Å²) in [4.78, 5) is 28.2. The van der Waals surface area contributed by atoms with E-state index in [9.17, 15) is 22.8 Å². The van der Waals surface area contributed by atoms with Crippen molar-refractivity contribution in [3.63, 3.8) is 0 Å². The number of alkyl halides is 2. The predicted molar refractivity (Wildman–Crippen MR) is 105 cm³/mol. The summed E-state index contributed by atoms with van der Waals surface area (Å²) in [5.74, 6) is -6.46. The molecule has 10 heteroatoms. The number of carboxylic acids is 1. The number of aromatic nitrogens is 3. The summed E-state index contributed by atoms with van der Waals surface area (Å²) < 4.78 is 45.2. The fourth-order valence-corrected chi connectivity index (χ4v) is 4.04. The van der Waals surface area contributed by atoms with Gasteiger partial charge in [-0.25, -0.2) is 18.9 Å². The molecule has 0 spiro atoms. The van der Waals surface area contributed by atoms with Crippen LogP contribution < -0.4 is 0 Å². The van der Waals surface area contributed by atoms with Crippen LogP contribution in [0.3, 0.4) is 0 Å². The van der Waals surface area contributed by atoms with Gasteiger partial charge in [-0.3, -0.25) is 4.79 Å². The lowest BCUT2D eigenvalue weighted by Crippen LogP contribution is -2.25. The Morgan fingerprint density at radius 1 is 1.26 bits per heavy atom. The van der Waals surface area contributed by atoms with Gasteiger partial charge in [0.15, 0.2) is 0 Å². The second-order valence-electron chi connectivity index (χ2n) is 7.24. The van der Waals surface area contributed by atoms with Gasteiger partial charge in [0.1, 0.15) is 28.0 Å². The van der Waals surface area contributed by atoms with Gasteiger partial charge in [0.25, 0.3) is 5.92 Å². The number of carbonyl (C=O) groups is 2. The molecular formula is C21H15ClF3N3O3. The summed E-state index contributed by atoms with van der Waals surface area (Å²) >= 11 is 6.08. The Hall–Kier alpha value is -3.20. The highest BCUT2D eigenvalue weighted by molar-refractivity contribution is 6.34. The lowest BCUT2D eigenvalue weighted by molar-refractivity contribution is -0.0283. The van der Waals surface area contributed by atoms with E-state index in [0.29, 0.717) is 10.2 Å². The van der Waals surface area contributed by atoms with Crippen molar-refractivity contribution in [2.24, 2.45) is 0 Å². The molecule has 0 unspecified atom stereocenters.